The fraction of sp³-hybridized carbons (Fsp3) is 0.357. The minimum atomic E-state index is -0.564. The van der Waals surface area contributed by atoms with Crippen LogP contribution >= 0.6 is 0 Å². The highest BCUT2D eigenvalue weighted by atomic mass is 16.2. The molecule has 0 radical (unpaired) electrons. The van der Waals surface area contributed by atoms with Crippen LogP contribution in [0.4, 0.5) is 5.69 Å². The van der Waals surface area contributed by atoms with Crippen molar-refractivity contribution in [3.8, 4) is 0 Å². The van der Waals surface area contributed by atoms with Gasteiger partial charge in [-0.1, -0.05) is 12.1 Å². The summed E-state index contributed by atoms with van der Waals surface area (Å²) in [6.45, 7) is 4.79. The Kier molecular flexibility index (Phi) is 5.71. The molecule has 1 aromatic carbocycles. The summed E-state index contributed by atoms with van der Waals surface area (Å²) < 4.78 is 0. The van der Waals surface area contributed by atoms with Crippen molar-refractivity contribution in [1.29, 1.82) is 0 Å². The fourth-order valence-corrected chi connectivity index (χ4v) is 1.62. The highest BCUT2D eigenvalue weighted by molar-refractivity contribution is 5.88. The molecule has 0 bridgehead atoms. The van der Waals surface area contributed by atoms with Gasteiger partial charge in [-0.05, 0) is 24.6 Å². The van der Waals surface area contributed by atoms with Gasteiger partial charge in [0.2, 0.25) is 17.7 Å². The zero-order valence-electron chi connectivity index (χ0n) is 11.8. The Hall–Kier alpha value is -2.37. The number of amides is 3. The fourth-order valence-electron chi connectivity index (χ4n) is 1.62. The van der Waals surface area contributed by atoms with Crippen molar-refractivity contribution in [1.82, 2.24) is 10.6 Å². The summed E-state index contributed by atoms with van der Waals surface area (Å²) in [6, 6.07) is 6.59. The van der Waals surface area contributed by atoms with Crippen LogP contribution in [0, 0.1) is 0 Å². The summed E-state index contributed by atoms with van der Waals surface area (Å²) in [6.07, 6.45) is 0. The van der Waals surface area contributed by atoms with Crippen molar-refractivity contribution < 1.29 is 14.4 Å². The van der Waals surface area contributed by atoms with Crippen LogP contribution in [0.3, 0.4) is 0 Å². The van der Waals surface area contributed by atoms with Crippen molar-refractivity contribution in [3.05, 3.63) is 29.8 Å². The molecule has 0 aliphatic heterocycles. The molecule has 3 N–H and O–H groups in total. The van der Waals surface area contributed by atoms with Crippen LogP contribution in [-0.4, -0.2) is 23.8 Å². The number of rotatable bonds is 5. The smallest absolute Gasteiger partial charge is 0.242 e. The Balaban J connectivity index is 2.47. The first kappa shape index (κ1) is 15.7. The van der Waals surface area contributed by atoms with E-state index >= 15 is 0 Å². The van der Waals surface area contributed by atoms with E-state index in [1.807, 2.05) is 12.1 Å². The molecule has 0 heterocycles. The van der Waals surface area contributed by atoms with E-state index in [1.54, 1.807) is 19.1 Å². The Bertz CT molecular complexity index is 497. The standard InChI is InChI=1S/C14H19N3O3/c1-9(16-10(2)18)14(20)15-8-12-4-6-13(7-5-12)17-11(3)19/h4-7,9H,8H2,1-3H3,(H,15,20)(H,16,18)(H,17,19)/t9-/m0/s1. The van der Waals surface area contributed by atoms with Crippen LogP contribution in [0.25, 0.3) is 0 Å². The topological polar surface area (TPSA) is 87.3 Å². The Morgan fingerprint density at radius 1 is 1.05 bits per heavy atom. The molecular formula is C14H19N3O3. The molecule has 0 aliphatic rings. The van der Waals surface area contributed by atoms with Crippen molar-refractivity contribution in [2.75, 3.05) is 5.32 Å². The number of carbonyl (C=O) groups excluding carboxylic acids is 3. The van der Waals surface area contributed by atoms with Crippen LogP contribution in [0.2, 0.25) is 0 Å². The Morgan fingerprint density at radius 3 is 2.15 bits per heavy atom. The molecule has 1 rings (SSSR count). The number of carbonyl (C=O) groups is 3. The van der Waals surface area contributed by atoms with Gasteiger partial charge in [0.1, 0.15) is 6.04 Å². The van der Waals surface area contributed by atoms with E-state index < -0.39 is 6.04 Å². The maximum absolute atomic E-state index is 11.7. The molecule has 6 heteroatoms. The van der Waals surface area contributed by atoms with Gasteiger partial charge in [0.25, 0.3) is 0 Å². The normalized spacial score (nSPS) is 11.3. The van der Waals surface area contributed by atoms with Crippen molar-refractivity contribution in [2.24, 2.45) is 0 Å². The second kappa shape index (κ2) is 7.28. The van der Waals surface area contributed by atoms with E-state index in [4.69, 9.17) is 0 Å². The average molecular weight is 277 g/mol. The highest BCUT2D eigenvalue weighted by Gasteiger charge is 2.12. The number of hydrogen-bond donors (Lipinski definition) is 3. The zero-order chi connectivity index (χ0) is 15.1. The van der Waals surface area contributed by atoms with Gasteiger partial charge in [-0.25, -0.2) is 0 Å². The molecular weight excluding hydrogens is 258 g/mol. The molecule has 3 amide bonds. The van der Waals surface area contributed by atoms with Gasteiger partial charge in [0.15, 0.2) is 0 Å². The Labute approximate surface area is 117 Å². The van der Waals surface area contributed by atoms with Crippen LogP contribution in [0.1, 0.15) is 26.3 Å². The molecule has 0 aromatic heterocycles. The van der Waals surface area contributed by atoms with Crippen LogP contribution in [-0.2, 0) is 20.9 Å². The van der Waals surface area contributed by atoms with Crippen LogP contribution < -0.4 is 16.0 Å². The minimum absolute atomic E-state index is 0.129. The third kappa shape index (κ3) is 5.51. The minimum Gasteiger partial charge on any atom is -0.350 e. The van der Waals surface area contributed by atoms with Gasteiger partial charge < -0.3 is 16.0 Å². The van der Waals surface area contributed by atoms with Gasteiger partial charge in [-0.2, -0.15) is 0 Å². The molecule has 108 valence electrons. The molecule has 0 aliphatic carbocycles. The van der Waals surface area contributed by atoms with E-state index in [-0.39, 0.29) is 17.7 Å². The van der Waals surface area contributed by atoms with Gasteiger partial charge in [-0.15, -0.1) is 0 Å². The quantitative estimate of drug-likeness (QED) is 0.743. The number of anilines is 1. The summed E-state index contributed by atoms with van der Waals surface area (Å²) in [7, 11) is 0. The zero-order valence-corrected chi connectivity index (χ0v) is 11.8. The lowest BCUT2D eigenvalue weighted by molar-refractivity contribution is -0.127. The van der Waals surface area contributed by atoms with E-state index in [9.17, 15) is 14.4 Å². The first-order valence-electron chi connectivity index (χ1n) is 6.30. The number of benzene rings is 1. The van der Waals surface area contributed by atoms with Gasteiger partial charge in [0, 0.05) is 26.1 Å². The lowest BCUT2D eigenvalue weighted by Gasteiger charge is -2.13. The lowest BCUT2D eigenvalue weighted by atomic mass is 10.2. The second-order valence-electron chi connectivity index (χ2n) is 4.52. The number of hydrogen-bond acceptors (Lipinski definition) is 3. The third-order valence-corrected chi connectivity index (χ3v) is 2.55. The largest absolute Gasteiger partial charge is 0.350 e. The summed E-state index contributed by atoms with van der Waals surface area (Å²) in [5.41, 5.74) is 1.61. The van der Waals surface area contributed by atoms with E-state index in [2.05, 4.69) is 16.0 Å². The molecule has 0 fully saturated rings. The summed E-state index contributed by atoms with van der Waals surface area (Å²) in [5, 5.41) is 7.90. The van der Waals surface area contributed by atoms with E-state index in [0.717, 1.165) is 5.56 Å². The Morgan fingerprint density at radius 2 is 1.65 bits per heavy atom. The van der Waals surface area contributed by atoms with Crippen LogP contribution in [0.5, 0.6) is 0 Å². The van der Waals surface area contributed by atoms with Crippen molar-refractivity contribution in [2.45, 2.75) is 33.4 Å². The molecule has 0 saturated carbocycles. The first-order chi connectivity index (χ1) is 9.38. The molecule has 20 heavy (non-hydrogen) atoms. The lowest BCUT2D eigenvalue weighted by Crippen LogP contribution is -2.43. The molecule has 6 nitrogen and oxygen atoms in total. The average Bonchev–Trinajstić information content (AvgIpc) is 2.36. The predicted molar refractivity (Wildman–Crippen MR) is 75.9 cm³/mol. The molecule has 0 spiro atoms. The highest BCUT2D eigenvalue weighted by Crippen LogP contribution is 2.09. The van der Waals surface area contributed by atoms with Gasteiger partial charge >= 0.3 is 0 Å². The maximum atomic E-state index is 11.7. The van der Waals surface area contributed by atoms with Crippen molar-refractivity contribution >= 4 is 23.4 Å². The molecule has 1 atom stereocenters. The molecule has 1 aromatic rings. The SMILES string of the molecule is CC(=O)Nc1ccc(CNC(=O)[C@H](C)NC(C)=O)cc1. The number of nitrogens with one attached hydrogen (secondary N) is 3. The molecule has 0 unspecified atom stereocenters. The van der Waals surface area contributed by atoms with Gasteiger partial charge in [0.05, 0.1) is 0 Å². The predicted octanol–water partition coefficient (Wildman–Crippen LogP) is 0.786. The van der Waals surface area contributed by atoms with Crippen LogP contribution in [0.15, 0.2) is 24.3 Å². The monoisotopic (exact) mass is 277 g/mol. The maximum Gasteiger partial charge on any atom is 0.242 e. The summed E-state index contributed by atoms with van der Waals surface area (Å²) in [4.78, 5) is 33.4. The van der Waals surface area contributed by atoms with E-state index in [0.29, 0.717) is 12.2 Å². The summed E-state index contributed by atoms with van der Waals surface area (Å²) in [5.74, 6) is -0.617. The van der Waals surface area contributed by atoms with Crippen molar-refractivity contribution in [3.63, 3.8) is 0 Å². The van der Waals surface area contributed by atoms with Gasteiger partial charge in [-0.3, -0.25) is 14.4 Å². The second-order valence-corrected chi connectivity index (χ2v) is 4.52. The van der Waals surface area contributed by atoms with E-state index in [1.165, 1.54) is 13.8 Å². The summed E-state index contributed by atoms with van der Waals surface area (Å²) >= 11 is 0. The first-order valence-corrected chi connectivity index (χ1v) is 6.30. The molecule has 0 saturated heterocycles. The third-order valence-electron chi connectivity index (χ3n) is 2.55.